The predicted octanol–water partition coefficient (Wildman–Crippen LogP) is 0.355. The normalized spacial score (nSPS) is 11.3. The topological polar surface area (TPSA) is 139 Å². The molecule has 10 heteroatoms. The van der Waals surface area contributed by atoms with E-state index < -0.39 is 21.4 Å². The lowest BCUT2D eigenvalue weighted by atomic mass is 10.1. The van der Waals surface area contributed by atoms with Crippen LogP contribution in [-0.4, -0.2) is 45.6 Å². The fourth-order valence-electron chi connectivity index (χ4n) is 2.05. The van der Waals surface area contributed by atoms with Crippen LogP contribution in [0, 0.1) is 0 Å². The zero-order valence-corrected chi connectivity index (χ0v) is 12.9. The minimum atomic E-state index is -3.68. The van der Waals surface area contributed by atoms with E-state index in [1.54, 1.807) is 18.2 Å². The lowest BCUT2D eigenvalue weighted by molar-refractivity contribution is -0.114. The first-order valence-electron chi connectivity index (χ1n) is 6.77. The first-order valence-corrected chi connectivity index (χ1v) is 8.25. The summed E-state index contributed by atoms with van der Waals surface area (Å²) in [6.07, 6.45) is 0.988. The number of aromatic nitrogens is 5. The second-order valence-electron chi connectivity index (χ2n) is 4.84. The van der Waals surface area contributed by atoms with Crippen LogP contribution < -0.4 is 0 Å². The number of nitrogens with zero attached hydrogens (tertiary/aromatic N) is 3. The number of carbonyl (C=O) groups excluding carboxylic acids is 2. The van der Waals surface area contributed by atoms with Gasteiger partial charge in [0.05, 0.1) is 16.2 Å². The lowest BCUT2D eigenvalue weighted by Crippen LogP contribution is -2.18. The minimum Gasteiger partial charge on any atom is -0.363 e. The number of H-pyrrole nitrogens is 2. The Morgan fingerprint density at radius 1 is 1.08 bits per heavy atom. The van der Waals surface area contributed by atoms with Crippen molar-refractivity contribution in [2.75, 3.05) is 0 Å². The van der Waals surface area contributed by atoms with Crippen molar-refractivity contribution in [2.24, 2.45) is 0 Å². The van der Waals surface area contributed by atoms with Gasteiger partial charge in [0.15, 0.2) is 0 Å². The van der Waals surface area contributed by atoms with Gasteiger partial charge in [-0.15, -0.1) is 10.2 Å². The Balaban J connectivity index is 1.79. The first-order chi connectivity index (χ1) is 11.5. The molecular weight excluding hydrogens is 334 g/mol. The second kappa shape index (κ2) is 6.16. The van der Waals surface area contributed by atoms with Gasteiger partial charge in [-0.05, 0) is 23.4 Å². The smallest absolute Gasteiger partial charge is 0.269 e. The molecule has 0 unspecified atom stereocenters. The summed E-state index contributed by atoms with van der Waals surface area (Å²) in [6.45, 7) is 0. The largest absolute Gasteiger partial charge is 0.363 e. The molecule has 0 spiro atoms. The molecule has 0 aliphatic rings. The molecule has 0 saturated carbocycles. The second-order valence-corrected chi connectivity index (χ2v) is 6.79. The molecule has 0 aliphatic heterocycles. The van der Waals surface area contributed by atoms with Crippen LogP contribution in [0.25, 0.3) is 0 Å². The molecule has 1 aromatic carbocycles. The number of hydrogen-bond donors (Lipinski definition) is 2. The van der Waals surface area contributed by atoms with Gasteiger partial charge in [-0.25, -0.2) is 8.42 Å². The van der Waals surface area contributed by atoms with Gasteiger partial charge in [0.1, 0.15) is 0 Å². The summed E-state index contributed by atoms with van der Waals surface area (Å²) in [5, 5.41) is 12.2. The Hall–Kier alpha value is -3.14. The number of carbonyl (C=O) groups is 2. The molecule has 24 heavy (non-hydrogen) atoms. The maximum absolute atomic E-state index is 12.4. The molecule has 0 aliphatic carbocycles. The highest BCUT2D eigenvalue weighted by Crippen LogP contribution is 2.21. The minimum absolute atomic E-state index is 0.0171. The quantitative estimate of drug-likeness (QED) is 0.485. The van der Waals surface area contributed by atoms with Crippen LogP contribution in [0.5, 0.6) is 0 Å². The molecule has 2 heterocycles. The van der Waals surface area contributed by atoms with Gasteiger partial charge in [-0.2, -0.15) is 5.21 Å². The number of rotatable bonds is 6. The predicted molar refractivity (Wildman–Crippen MR) is 79.9 cm³/mol. The van der Waals surface area contributed by atoms with Gasteiger partial charge in [0, 0.05) is 11.9 Å². The molecule has 0 bridgehead atoms. The molecule has 0 fully saturated rings. The fraction of sp³-hybridized carbons (Fsp3) is 0.0714. The molecule has 122 valence electrons. The van der Waals surface area contributed by atoms with Crippen molar-refractivity contribution in [3.63, 3.8) is 0 Å². The van der Waals surface area contributed by atoms with Crippen molar-refractivity contribution in [1.29, 1.82) is 0 Å². The molecule has 2 aromatic heterocycles. The number of hydrogen-bond acceptors (Lipinski definition) is 7. The highest BCUT2D eigenvalue weighted by molar-refractivity contribution is 7.91. The summed E-state index contributed by atoms with van der Waals surface area (Å²) in [4.78, 5) is 26.5. The molecule has 3 rings (SSSR count). The van der Waals surface area contributed by atoms with Crippen LogP contribution in [0.1, 0.15) is 16.3 Å². The Morgan fingerprint density at radius 3 is 2.50 bits per heavy atom. The Morgan fingerprint density at radius 2 is 1.83 bits per heavy atom. The van der Waals surface area contributed by atoms with E-state index >= 15 is 0 Å². The number of sulfone groups is 1. The molecule has 0 amide bonds. The summed E-state index contributed by atoms with van der Waals surface area (Å²) in [5.41, 5.74) is 0.298. The SMILES string of the molecule is O=C(Cc1cc(S(=O)(=O)c2ccccc2)c[nH]1)C(=O)c1nn[nH]n1. The third-order valence-electron chi connectivity index (χ3n) is 3.23. The summed E-state index contributed by atoms with van der Waals surface area (Å²) in [6, 6.07) is 9.23. The van der Waals surface area contributed by atoms with E-state index in [-0.39, 0.29) is 22.0 Å². The van der Waals surface area contributed by atoms with Gasteiger partial charge in [0.2, 0.25) is 21.4 Å². The van der Waals surface area contributed by atoms with Crippen molar-refractivity contribution in [3.05, 3.63) is 54.1 Å². The molecule has 0 radical (unpaired) electrons. The molecule has 0 saturated heterocycles. The van der Waals surface area contributed by atoms with Crippen LogP contribution in [0.2, 0.25) is 0 Å². The van der Waals surface area contributed by atoms with Crippen molar-refractivity contribution in [3.8, 4) is 0 Å². The first kappa shape index (κ1) is 15.7. The van der Waals surface area contributed by atoms with Gasteiger partial charge in [-0.3, -0.25) is 9.59 Å². The highest BCUT2D eigenvalue weighted by atomic mass is 32.2. The van der Waals surface area contributed by atoms with E-state index in [1.807, 2.05) is 0 Å². The number of Topliss-reactive ketones (excluding diaryl/α,β-unsaturated/α-hetero) is 2. The van der Waals surface area contributed by atoms with Crippen LogP contribution in [0.15, 0.2) is 52.4 Å². The summed E-state index contributed by atoms with van der Waals surface area (Å²) < 4.78 is 24.9. The summed E-state index contributed by atoms with van der Waals surface area (Å²) in [7, 11) is -3.68. The van der Waals surface area contributed by atoms with Crippen LogP contribution in [-0.2, 0) is 21.1 Å². The van der Waals surface area contributed by atoms with Crippen LogP contribution in [0.4, 0.5) is 0 Å². The van der Waals surface area contributed by atoms with Crippen molar-refractivity contribution in [1.82, 2.24) is 25.6 Å². The van der Waals surface area contributed by atoms with Crippen molar-refractivity contribution >= 4 is 21.4 Å². The monoisotopic (exact) mass is 345 g/mol. The lowest BCUT2D eigenvalue weighted by Gasteiger charge is -2.00. The van der Waals surface area contributed by atoms with Crippen LogP contribution >= 0.6 is 0 Å². The van der Waals surface area contributed by atoms with E-state index in [0.717, 1.165) is 0 Å². The molecular formula is C14H11N5O4S. The van der Waals surface area contributed by atoms with Gasteiger partial charge >= 0.3 is 0 Å². The van der Waals surface area contributed by atoms with E-state index in [1.165, 1.54) is 24.4 Å². The average Bonchev–Trinajstić information content (AvgIpc) is 3.27. The molecule has 0 atom stereocenters. The van der Waals surface area contributed by atoms with Crippen LogP contribution in [0.3, 0.4) is 0 Å². The van der Waals surface area contributed by atoms with Crippen molar-refractivity contribution < 1.29 is 18.0 Å². The fourth-order valence-corrected chi connectivity index (χ4v) is 3.35. The maximum atomic E-state index is 12.4. The third kappa shape index (κ3) is 2.99. The Bertz CT molecular complexity index is 977. The van der Waals surface area contributed by atoms with Crippen molar-refractivity contribution in [2.45, 2.75) is 16.2 Å². The average molecular weight is 345 g/mol. The van der Waals surface area contributed by atoms with E-state index in [2.05, 4.69) is 25.6 Å². The summed E-state index contributed by atoms with van der Waals surface area (Å²) in [5.74, 6) is -2.00. The van der Waals surface area contributed by atoms with Gasteiger partial charge in [0.25, 0.3) is 5.78 Å². The highest BCUT2D eigenvalue weighted by Gasteiger charge is 2.23. The third-order valence-corrected chi connectivity index (χ3v) is 4.98. The summed E-state index contributed by atoms with van der Waals surface area (Å²) >= 11 is 0. The molecule has 3 aromatic rings. The zero-order chi connectivity index (χ0) is 17.2. The van der Waals surface area contributed by atoms with E-state index in [9.17, 15) is 18.0 Å². The Kier molecular flexibility index (Phi) is 4.04. The molecule has 9 nitrogen and oxygen atoms in total. The Labute approximate surface area is 136 Å². The number of ketones is 2. The van der Waals surface area contributed by atoms with E-state index in [4.69, 9.17) is 0 Å². The molecule has 2 N–H and O–H groups in total. The number of nitrogens with one attached hydrogen (secondary N) is 2. The standard InChI is InChI=1S/C14H11N5O4S/c20-12(13(21)14-16-18-19-17-14)7-9-6-11(8-15-9)24(22,23)10-4-2-1-3-5-10/h1-6,8,15H,7H2,(H,16,17,18,19). The van der Waals surface area contributed by atoms with Gasteiger partial charge in [-0.1, -0.05) is 18.2 Å². The number of aromatic amines is 2. The van der Waals surface area contributed by atoms with Gasteiger partial charge < -0.3 is 4.98 Å². The maximum Gasteiger partial charge on any atom is 0.269 e. The number of tetrazole rings is 1. The zero-order valence-electron chi connectivity index (χ0n) is 12.1. The van der Waals surface area contributed by atoms with E-state index in [0.29, 0.717) is 5.69 Å². The number of benzene rings is 1.